The number of benzene rings is 1. The van der Waals surface area contributed by atoms with E-state index in [0.29, 0.717) is 10.5 Å². The van der Waals surface area contributed by atoms with Crippen molar-refractivity contribution in [2.24, 2.45) is 0 Å². The standard InChI is InChI=1S/C13H13F3N2OS/c1-8(2)11-7-17-12(20)18(11)9-3-5-10(6-4-9)19-13(14,15)16/h3-8H,1-2H3,(H,17,20). The SMILES string of the molecule is CC(C)c1c[nH]c(=S)n1-c1ccc(OC(F)(F)F)cc1. The molecule has 1 heterocycles. The van der Waals surface area contributed by atoms with E-state index in [1.54, 1.807) is 10.8 Å². The van der Waals surface area contributed by atoms with Crippen LogP contribution in [0.5, 0.6) is 5.75 Å². The van der Waals surface area contributed by atoms with Crippen LogP contribution in [0.3, 0.4) is 0 Å². The lowest BCUT2D eigenvalue weighted by Gasteiger charge is -2.12. The summed E-state index contributed by atoms with van der Waals surface area (Å²) in [7, 11) is 0. The fraction of sp³-hybridized carbons (Fsp3) is 0.308. The van der Waals surface area contributed by atoms with Gasteiger partial charge in [0.05, 0.1) is 0 Å². The molecule has 2 rings (SSSR count). The third kappa shape index (κ3) is 3.22. The van der Waals surface area contributed by atoms with Crippen molar-refractivity contribution >= 4 is 12.2 Å². The number of alkyl halides is 3. The van der Waals surface area contributed by atoms with Gasteiger partial charge in [-0.3, -0.25) is 4.57 Å². The Morgan fingerprint density at radius 3 is 2.30 bits per heavy atom. The zero-order valence-corrected chi connectivity index (χ0v) is 11.7. The quantitative estimate of drug-likeness (QED) is 0.843. The van der Waals surface area contributed by atoms with E-state index < -0.39 is 6.36 Å². The molecule has 3 nitrogen and oxygen atoms in total. The number of halogens is 3. The zero-order chi connectivity index (χ0) is 14.9. The highest BCUT2D eigenvalue weighted by molar-refractivity contribution is 7.71. The van der Waals surface area contributed by atoms with E-state index in [1.165, 1.54) is 24.3 Å². The predicted octanol–water partition coefficient (Wildman–Crippen LogP) is 4.56. The number of aromatic nitrogens is 2. The fourth-order valence-corrected chi connectivity index (χ4v) is 2.14. The number of hydrogen-bond acceptors (Lipinski definition) is 2. The molecular formula is C13H13F3N2OS. The number of rotatable bonds is 3. The molecule has 0 aliphatic carbocycles. The van der Waals surface area contributed by atoms with Crippen molar-refractivity contribution in [2.45, 2.75) is 26.1 Å². The molecule has 1 aromatic carbocycles. The maximum atomic E-state index is 12.1. The topological polar surface area (TPSA) is 29.9 Å². The third-order valence-electron chi connectivity index (χ3n) is 2.72. The number of ether oxygens (including phenoxy) is 1. The molecule has 0 aliphatic heterocycles. The van der Waals surface area contributed by atoms with Crippen LogP contribution in [0, 0.1) is 4.77 Å². The van der Waals surface area contributed by atoms with Crippen LogP contribution in [0.15, 0.2) is 30.5 Å². The Hall–Kier alpha value is -1.76. The van der Waals surface area contributed by atoms with E-state index in [1.807, 2.05) is 13.8 Å². The summed E-state index contributed by atoms with van der Waals surface area (Å²) in [6, 6.07) is 5.61. The van der Waals surface area contributed by atoms with Crippen LogP contribution in [0.1, 0.15) is 25.5 Å². The van der Waals surface area contributed by atoms with Gasteiger partial charge in [0.1, 0.15) is 5.75 Å². The molecule has 1 aromatic heterocycles. The summed E-state index contributed by atoms with van der Waals surface area (Å²) in [5.41, 5.74) is 1.65. The first-order valence-corrected chi connectivity index (χ1v) is 6.35. The average Bonchev–Trinajstić information content (AvgIpc) is 2.70. The molecule has 0 bridgehead atoms. The van der Waals surface area contributed by atoms with E-state index in [2.05, 4.69) is 9.72 Å². The minimum Gasteiger partial charge on any atom is -0.406 e. The second-order valence-electron chi connectivity index (χ2n) is 4.55. The van der Waals surface area contributed by atoms with Gasteiger partial charge in [-0.2, -0.15) is 0 Å². The monoisotopic (exact) mass is 302 g/mol. The van der Waals surface area contributed by atoms with Gasteiger partial charge in [-0.25, -0.2) is 0 Å². The summed E-state index contributed by atoms with van der Waals surface area (Å²) in [6.07, 6.45) is -2.89. The molecule has 0 fully saturated rings. The molecule has 2 aromatic rings. The highest BCUT2D eigenvalue weighted by Gasteiger charge is 2.31. The Kier molecular flexibility index (Phi) is 3.89. The molecule has 0 amide bonds. The second-order valence-corrected chi connectivity index (χ2v) is 4.94. The predicted molar refractivity (Wildman–Crippen MR) is 71.7 cm³/mol. The van der Waals surface area contributed by atoms with Crippen molar-refractivity contribution in [2.75, 3.05) is 0 Å². The molecular weight excluding hydrogens is 289 g/mol. The van der Waals surface area contributed by atoms with Crippen LogP contribution in [-0.4, -0.2) is 15.9 Å². The lowest BCUT2D eigenvalue weighted by Crippen LogP contribution is -2.17. The van der Waals surface area contributed by atoms with Crippen LogP contribution >= 0.6 is 12.2 Å². The molecule has 108 valence electrons. The Morgan fingerprint density at radius 2 is 1.80 bits per heavy atom. The normalized spacial score (nSPS) is 11.9. The van der Waals surface area contributed by atoms with Crippen LogP contribution in [0.2, 0.25) is 0 Å². The van der Waals surface area contributed by atoms with Gasteiger partial charge >= 0.3 is 6.36 Å². The molecule has 0 spiro atoms. The van der Waals surface area contributed by atoms with Gasteiger partial charge in [-0.1, -0.05) is 13.8 Å². The van der Waals surface area contributed by atoms with Crippen molar-refractivity contribution < 1.29 is 17.9 Å². The average molecular weight is 302 g/mol. The van der Waals surface area contributed by atoms with Gasteiger partial charge in [0.25, 0.3) is 0 Å². The summed E-state index contributed by atoms with van der Waals surface area (Å²) >= 11 is 5.19. The van der Waals surface area contributed by atoms with Gasteiger partial charge in [-0.05, 0) is 42.4 Å². The number of nitrogens with one attached hydrogen (secondary N) is 1. The molecule has 7 heteroatoms. The molecule has 1 N–H and O–H groups in total. The lowest BCUT2D eigenvalue weighted by molar-refractivity contribution is -0.274. The minimum absolute atomic E-state index is 0.231. The van der Waals surface area contributed by atoms with Gasteiger partial charge in [0.2, 0.25) is 0 Å². The Labute approximate surface area is 119 Å². The summed E-state index contributed by atoms with van der Waals surface area (Å²) in [4.78, 5) is 2.94. The molecule has 0 aliphatic rings. The highest BCUT2D eigenvalue weighted by Crippen LogP contribution is 2.25. The second kappa shape index (κ2) is 5.32. The first-order chi connectivity index (χ1) is 9.28. The molecule has 0 saturated heterocycles. The largest absolute Gasteiger partial charge is 0.573 e. The van der Waals surface area contributed by atoms with Gasteiger partial charge in [0.15, 0.2) is 4.77 Å². The Bertz CT molecular complexity index is 641. The van der Waals surface area contributed by atoms with E-state index in [-0.39, 0.29) is 11.7 Å². The summed E-state index contributed by atoms with van der Waals surface area (Å²) in [6.45, 7) is 4.02. The molecule has 0 atom stereocenters. The van der Waals surface area contributed by atoms with Crippen LogP contribution in [-0.2, 0) is 0 Å². The van der Waals surface area contributed by atoms with E-state index >= 15 is 0 Å². The van der Waals surface area contributed by atoms with Crippen LogP contribution in [0.25, 0.3) is 5.69 Å². The summed E-state index contributed by atoms with van der Waals surface area (Å²) < 4.78 is 42.4. The maximum Gasteiger partial charge on any atom is 0.573 e. The Balaban J connectivity index is 2.36. The van der Waals surface area contributed by atoms with Crippen molar-refractivity contribution in [3.63, 3.8) is 0 Å². The van der Waals surface area contributed by atoms with Crippen LogP contribution < -0.4 is 4.74 Å². The fourth-order valence-electron chi connectivity index (χ4n) is 1.87. The van der Waals surface area contributed by atoms with Crippen molar-refractivity contribution in [3.8, 4) is 11.4 Å². The van der Waals surface area contributed by atoms with Crippen molar-refractivity contribution in [3.05, 3.63) is 40.9 Å². The zero-order valence-electron chi connectivity index (χ0n) is 10.9. The molecule has 0 unspecified atom stereocenters. The van der Waals surface area contributed by atoms with E-state index in [4.69, 9.17) is 12.2 Å². The third-order valence-corrected chi connectivity index (χ3v) is 3.03. The number of H-pyrrole nitrogens is 1. The number of aromatic amines is 1. The molecule has 20 heavy (non-hydrogen) atoms. The maximum absolute atomic E-state index is 12.1. The van der Waals surface area contributed by atoms with Crippen LogP contribution in [0.4, 0.5) is 13.2 Å². The number of nitrogens with zero attached hydrogens (tertiary/aromatic N) is 1. The number of imidazole rings is 1. The first kappa shape index (κ1) is 14.6. The van der Waals surface area contributed by atoms with Crippen molar-refractivity contribution in [1.82, 2.24) is 9.55 Å². The summed E-state index contributed by atoms with van der Waals surface area (Å²) in [5.74, 6) is -0.0246. The highest BCUT2D eigenvalue weighted by atomic mass is 32.1. The van der Waals surface area contributed by atoms with Crippen molar-refractivity contribution in [1.29, 1.82) is 0 Å². The number of hydrogen-bond donors (Lipinski definition) is 1. The van der Waals surface area contributed by atoms with E-state index in [0.717, 1.165) is 5.69 Å². The first-order valence-electron chi connectivity index (χ1n) is 5.94. The minimum atomic E-state index is -4.69. The molecule has 0 radical (unpaired) electrons. The van der Waals surface area contributed by atoms with E-state index in [9.17, 15) is 13.2 Å². The lowest BCUT2D eigenvalue weighted by atomic mass is 10.1. The summed E-state index contributed by atoms with van der Waals surface area (Å²) in [5, 5.41) is 0. The van der Waals surface area contributed by atoms with Gasteiger partial charge in [0, 0.05) is 17.6 Å². The Morgan fingerprint density at radius 1 is 1.20 bits per heavy atom. The van der Waals surface area contributed by atoms with Gasteiger partial charge in [-0.15, -0.1) is 13.2 Å². The smallest absolute Gasteiger partial charge is 0.406 e. The van der Waals surface area contributed by atoms with Gasteiger partial charge < -0.3 is 9.72 Å². The molecule has 0 saturated carbocycles.